The summed E-state index contributed by atoms with van der Waals surface area (Å²) in [7, 11) is -4.47. The highest BCUT2D eigenvalue weighted by molar-refractivity contribution is 6.82. The number of hydrogen-bond donors (Lipinski definition) is 4. The molecule has 6 heteroatoms. The van der Waals surface area contributed by atoms with Gasteiger partial charge in [-0.2, -0.15) is 0 Å². The Bertz CT molecular complexity index is 333. The van der Waals surface area contributed by atoms with Gasteiger partial charge in [0.05, 0.1) is 27.6 Å². The van der Waals surface area contributed by atoms with Crippen molar-refractivity contribution in [2.24, 2.45) is 0 Å². The SMILES string of the molecule is CC(C)(C)[Si](C)(C)C(O)[C@@H](O)[C@H](O)C(O)[Si](C)(C)C(C)(C)C. The predicted octanol–water partition coefficient (Wildman–Crippen LogP) is 2.53. The third kappa shape index (κ3) is 4.21. The average Bonchev–Trinajstić information content (AvgIpc) is 2.32. The van der Waals surface area contributed by atoms with Gasteiger partial charge < -0.3 is 20.4 Å². The second-order valence-electron chi connectivity index (χ2n) is 9.81. The fraction of sp³-hybridized carbons (Fsp3) is 1.00. The Morgan fingerprint density at radius 1 is 0.545 bits per heavy atom. The zero-order valence-electron chi connectivity index (χ0n) is 16.1. The van der Waals surface area contributed by atoms with Crippen molar-refractivity contribution in [3.05, 3.63) is 0 Å². The van der Waals surface area contributed by atoms with Crippen LogP contribution in [-0.2, 0) is 0 Å². The van der Waals surface area contributed by atoms with Gasteiger partial charge in [-0.1, -0.05) is 67.7 Å². The molecule has 0 aromatic carbocycles. The lowest BCUT2D eigenvalue weighted by Gasteiger charge is -2.47. The Hall–Kier alpha value is 0.274. The van der Waals surface area contributed by atoms with Crippen molar-refractivity contribution >= 4 is 16.1 Å². The smallest absolute Gasteiger partial charge is 0.105 e. The molecular formula is C16H38O4Si2. The van der Waals surface area contributed by atoms with Gasteiger partial charge in [-0.05, 0) is 10.1 Å². The van der Waals surface area contributed by atoms with E-state index in [-0.39, 0.29) is 10.1 Å². The van der Waals surface area contributed by atoms with Crippen LogP contribution in [0.3, 0.4) is 0 Å². The first-order chi connectivity index (χ1) is 9.39. The summed E-state index contributed by atoms with van der Waals surface area (Å²) in [6.45, 7) is 20.3. The van der Waals surface area contributed by atoms with E-state index >= 15 is 0 Å². The summed E-state index contributed by atoms with van der Waals surface area (Å²) < 4.78 is 0. The highest BCUT2D eigenvalue weighted by Crippen LogP contribution is 2.42. The summed E-state index contributed by atoms with van der Waals surface area (Å²) in [5, 5.41) is 42.0. The summed E-state index contributed by atoms with van der Waals surface area (Å²) >= 11 is 0. The van der Waals surface area contributed by atoms with Crippen LogP contribution >= 0.6 is 0 Å². The van der Waals surface area contributed by atoms with Gasteiger partial charge in [0.15, 0.2) is 0 Å². The molecule has 0 saturated carbocycles. The van der Waals surface area contributed by atoms with Gasteiger partial charge in [-0.3, -0.25) is 0 Å². The summed E-state index contributed by atoms with van der Waals surface area (Å²) in [4.78, 5) is 0. The zero-order chi connectivity index (χ0) is 18.3. The monoisotopic (exact) mass is 350 g/mol. The van der Waals surface area contributed by atoms with Crippen molar-refractivity contribution in [2.45, 2.75) is 101 Å². The lowest BCUT2D eigenvalue weighted by Crippen LogP contribution is -2.63. The minimum absolute atomic E-state index is 0.116. The van der Waals surface area contributed by atoms with Crippen LogP contribution in [0.1, 0.15) is 41.5 Å². The Morgan fingerprint density at radius 3 is 0.864 bits per heavy atom. The van der Waals surface area contributed by atoms with E-state index in [0.29, 0.717) is 0 Å². The highest BCUT2D eigenvalue weighted by Gasteiger charge is 2.51. The first kappa shape index (κ1) is 22.3. The Morgan fingerprint density at radius 2 is 0.727 bits per heavy atom. The first-order valence-electron chi connectivity index (χ1n) is 8.11. The second-order valence-corrected chi connectivity index (χ2v) is 20.9. The Labute approximate surface area is 138 Å². The average molecular weight is 351 g/mol. The van der Waals surface area contributed by atoms with E-state index in [2.05, 4.69) is 0 Å². The third-order valence-corrected chi connectivity index (χ3v) is 17.7. The summed E-state index contributed by atoms with van der Waals surface area (Å²) in [5.74, 6) is 0. The van der Waals surface area contributed by atoms with Crippen LogP contribution in [0.25, 0.3) is 0 Å². The summed E-state index contributed by atoms with van der Waals surface area (Å²) in [6.07, 6.45) is -2.63. The minimum Gasteiger partial charge on any atom is -0.394 e. The van der Waals surface area contributed by atoms with E-state index in [9.17, 15) is 20.4 Å². The minimum atomic E-state index is -2.24. The molecule has 0 amide bonds. The lowest BCUT2D eigenvalue weighted by atomic mass is 10.2. The fourth-order valence-corrected chi connectivity index (χ4v) is 5.99. The molecule has 0 saturated heterocycles. The predicted molar refractivity (Wildman–Crippen MR) is 98.4 cm³/mol. The quantitative estimate of drug-likeness (QED) is 0.574. The van der Waals surface area contributed by atoms with Crippen molar-refractivity contribution in [1.82, 2.24) is 0 Å². The van der Waals surface area contributed by atoms with Crippen LogP contribution in [0.5, 0.6) is 0 Å². The standard InChI is InChI=1S/C16H38O4Si2/c1-15(2,3)21(7,8)13(19)11(17)12(18)14(20)22(9,10)16(4,5)6/h11-14,17-20H,1-10H3/t11-,12-,13?,14?/m0/s1. The van der Waals surface area contributed by atoms with Crippen molar-refractivity contribution in [2.75, 3.05) is 0 Å². The van der Waals surface area contributed by atoms with Gasteiger partial charge in [0, 0.05) is 0 Å². The topological polar surface area (TPSA) is 80.9 Å². The maximum absolute atomic E-state index is 10.6. The molecule has 0 fully saturated rings. The molecule has 0 rings (SSSR count). The van der Waals surface area contributed by atoms with E-state index in [1.165, 1.54) is 0 Å². The van der Waals surface area contributed by atoms with Crippen molar-refractivity contribution in [3.63, 3.8) is 0 Å². The van der Waals surface area contributed by atoms with E-state index in [0.717, 1.165) is 0 Å². The molecule has 4 N–H and O–H groups in total. The molecule has 4 atom stereocenters. The van der Waals surface area contributed by atoms with E-state index in [1.807, 2.05) is 67.7 Å². The molecule has 0 radical (unpaired) electrons. The molecule has 4 nitrogen and oxygen atoms in total. The summed E-state index contributed by atoms with van der Waals surface area (Å²) in [6, 6.07) is 0. The maximum atomic E-state index is 10.6. The van der Waals surface area contributed by atoms with Gasteiger partial charge in [-0.25, -0.2) is 0 Å². The fourth-order valence-electron chi connectivity index (χ4n) is 2.11. The molecule has 134 valence electrons. The third-order valence-electron chi connectivity index (χ3n) is 6.34. The molecule has 0 spiro atoms. The molecule has 0 aromatic rings. The maximum Gasteiger partial charge on any atom is 0.105 e. The van der Waals surface area contributed by atoms with Crippen molar-refractivity contribution < 1.29 is 20.4 Å². The van der Waals surface area contributed by atoms with Crippen molar-refractivity contribution in [1.29, 1.82) is 0 Å². The Balaban J connectivity index is 5.35. The van der Waals surface area contributed by atoms with Crippen LogP contribution in [0.15, 0.2) is 0 Å². The summed E-state index contributed by atoms with van der Waals surface area (Å²) in [5.41, 5.74) is -1.97. The molecule has 0 aliphatic heterocycles. The van der Waals surface area contributed by atoms with Gasteiger partial charge in [-0.15, -0.1) is 0 Å². The van der Waals surface area contributed by atoms with Gasteiger partial charge in [0.2, 0.25) is 0 Å². The molecule has 0 aliphatic carbocycles. The largest absolute Gasteiger partial charge is 0.394 e. The van der Waals surface area contributed by atoms with Gasteiger partial charge in [0.25, 0.3) is 0 Å². The molecule has 0 aliphatic rings. The number of aliphatic hydroxyl groups excluding tert-OH is 4. The van der Waals surface area contributed by atoms with E-state index in [1.54, 1.807) is 0 Å². The van der Waals surface area contributed by atoms with Crippen molar-refractivity contribution in [3.8, 4) is 0 Å². The van der Waals surface area contributed by atoms with Crippen LogP contribution in [0.2, 0.25) is 36.3 Å². The number of hydrogen-bond acceptors (Lipinski definition) is 4. The van der Waals surface area contributed by atoms with Crippen LogP contribution in [0.4, 0.5) is 0 Å². The van der Waals surface area contributed by atoms with E-state index in [4.69, 9.17) is 0 Å². The first-order valence-corrected chi connectivity index (χ1v) is 14.3. The molecular weight excluding hydrogens is 312 g/mol. The molecule has 2 unspecified atom stereocenters. The highest BCUT2D eigenvalue weighted by atomic mass is 28.3. The molecule has 0 heterocycles. The normalized spacial score (nSPS) is 20.5. The van der Waals surface area contributed by atoms with Crippen LogP contribution in [-0.4, -0.2) is 60.2 Å². The molecule has 22 heavy (non-hydrogen) atoms. The zero-order valence-corrected chi connectivity index (χ0v) is 18.1. The molecule has 0 aromatic heterocycles. The molecule has 0 bridgehead atoms. The lowest BCUT2D eigenvalue weighted by molar-refractivity contribution is -0.0702. The van der Waals surface area contributed by atoms with Crippen LogP contribution < -0.4 is 0 Å². The number of aliphatic hydroxyl groups is 4. The van der Waals surface area contributed by atoms with Crippen LogP contribution in [0, 0.1) is 0 Å². The van der Waals surface area contributed by atoms with Gasteiger partial charge in [0.1, 0.15) is 12.2 Å². The van der Waals surface area contributed by atoms with E-state index < -0.39 is 39.8 Å². The van der Waals surface area contributed by atoms with Gasteiger partial charge >= 0.3 is 0 Å². The Kier molecular flexibility index (Phi) is 6.73. The number of rotatable bonds is 5. The second kappa shape index (κ2) is 6.65.